The minimum absolute atomic E-state index is 0.166. The zero-order chi connectivity index (χ0) is 18.4. The highest BCUT2D eigenvalue weighted by atomic mass is 16.5. The first kappa shape index (κ1) is 18.5. The first-order valence-corrected chi connectivity index (χ1v) is 8.08. The molecule has 0 saturated carbocycles. The van der Waals surface area contributed by atoms with Crippen molar-refractivity contribution in [1.82, 2.24) is 15.1 Å². The summed E-state index contributed by atoms with van der Waals surface area (Å²) in [6, 6.07) is 6.65. The van der Waals surface area contributed by atoms with Gasteiger partial charge in [-0.1, -0.05) is 26.0 Å². The fraction of sp³-hybridized carbons (Fsp3) is 0.389. The van der Waals surface area contributed by atoms with Gasteiger partial charge in [0.1, 0.15) is 11.8 Å². The van der Waals surface area contributed by atoms with Crippen LogP contribution in [-0.2, 0) is 11.3 Å². The minimum Gasteiger partial charge on any atom is -0.497 e. The highest BCUT2D eigenvalue weighted by Gasteiger charge is 2.22. The predicted molar refractivity (Wildman–Crippen MR) is 92.7 cm³/mol. The Hall–Kier alpha value is -2.83. The molecule has 25 heavy (non-hydrogen) atoms. The fourth-order valence-electron chi connectivity index (χ4n) is 2.42. The van der Waals surface area contributed by atoms with Crippen LogP contribution < -0.4 is 10.1 Å². The van der Waals surface area contributed by atoms with Gasteiger partial charge in [-0.15, -0.1) is 0 Å². The molecule has 2 N–H and O–H groups in total. The molecule has 1 heterocycles. The smallest absolute Gasteiger partial charge is 0.326 e. The lowest BCUT2D eigenvalue weighted by Gasteiger charge is -2.15. The largest absolute Gasteiger partial charge is 0.497 e. The summed E-state index contributed by atoms with van der Waals surface area (Å²) >= 11 is 0. The summed E-state index contributed by atoms with van der Waals surface area (Å²) in [6.45, 7) is 4.33. The van der Waals surface area contributed by atoms with Crippen LogP contribution in [0.3, 0.4) is 0 Å². The van der Waals surface area contributed by atoms with Gasteiger partial charge in [0.25, 0.3) is 5.91 Å². The average molecular weight is 345 g/mol. The van der Waals surface area contributed by atoms with Crippen LogP contribution in [0.4, 0.5) is 0 Å². The molecule has 0 aliphatic carbocycles. The number of ether oxygens (including phenoxy) is 1. The van der Waals surface area contributed by atoms with E-state index in [1.165, 1.54) is 6.20 Å². The summed E-state index contributed by atoms with van der Waals surface area (Å²) < 4.78 is 6.75. The van der Waals surface area contributed by atoms with E-state index < -0.39 is 17.9 Å². The van der Waals surface area contributed by atoms with E-state index in [0.29, 0.717) is 18.5 Å². The number of hydrogen-bond acceptors (Lipinski definition) is 4. The Bertz CT molecular complexity index is 722. The standard InChI is InChI=1S/C18H23N3O4/c1-12(2)8-16(18(23)24)20-17(22)14-9-19-21(11-14)10-13-4-6-15(25-3)7-5-13/h4-7,9,11-12,16H,8,10H2,1-3H3,(H,20,22)(H,23,24). The van der Waals surface area contributed by atoms with Crippen LogP contribution in [0.25, 0.3) is 0 Å². The second kappa shape index (κ2) is 8.32. The normalized spacial score (nSPS) is 12.0. The van der Waals surface area contributed by atoms with Gasteiger partial charge >= 0.3 is 5.97 Å². The van der Waals surface area contributed by atoms with Crippen LogP contribution in [0.5, 0.6) is 5.75 Å². The molecule has 0 bridgehead atoms. The van der Waals surface area contributed by atoms with Crippen molar-refractivity contribution in [2.45, 2.75) is 32.9 Å². The fourth-order valence-corrected chi connectivity index (χ4v) is 2.42. The molecule has 0 aliphatic heterocycles. The van der Waals surface area contributed by atoms with Crippen molar-refractivity contribution in [2.24, 2.45) is 5.92 Å². The highest BCUT2D eigenvalue weighted by molar-refractivity contribution is 5.96. The quantitative estimate of drug-likeness (QED) is 0.765. The van der Waals surface area contributed by atoms with E-state index in [-0.39, 0.29) is 5.92 Å². The molecule has 0 saturated heterocycles. The van der Waals surface area contributed by atoms with Crippen LogP contribution in [0.15, 0.2) is 36.7 Å². The third kappa shape index (κ3) is 5.34. The van der Waals surface area contributed by atoms with Gasteiger partial charge in [-0.05, 0) is 30.0 Å². The van der Waals surface area contributed by atoms with Crippen molar-refractivity contribution < 1.29 is 19.4 Å². The lowest BCUT2D eigenvalue weighted by Crippen LogP contribution is -2.41. The summed E-state index contributed by atoms with van der Waals surface area (Å²) in [4.78, 5) is 23.5. The lowest BCUT2D eigenvalue weighted by molar-refractivity contribution is -0.139. The first-order valence-electron chi connectivity index (χ1n) is 8.08. The molecular formula is C18H23N3O4. The maximum atomic E-state index is 12.2. The monoisotopic (exact) mass is 345 g/mol. The predicted octanol–water partition coefficient (Wildman–Crippen LogP) is 2.17. The van der Waals surface area contributed by atoms with E-state index in [1.54, 1.807) is 18.0 Å². The molecule has 7 heteroatoms. The number of aliphatic carboxylic acids is 1. The minimum atomic E-state index is -1.03. The molecule has 0 radical (unpaired) electrons. The van der Waals surface area contributed by atoms with Crippen molar-refractivity contribution in [3.8, 4) is 5.75 Å². The van der Waals surface area contributed by atoms with Crippen LogP contribution in [0.1, 0.15) is 36.2 Å². The molecule has 1 aromatic heterocycles. The Morgan fingerprint density at radius 3 is 2.52 bits per heavy atom. The number of methoxy groups -OCH3 is 1. The van der Waals surface area contributed by atoms with E-state index in [0.717, 1.165) is 11.3 Å². The van der Waals surface area contributed by atoms with Gasteiger partial charge in [-0.3, -0.25) is 9.48 Å². The van der Waals surface area contributed by atoms with E-state index in [2.05, 4.69) is 10.4 Å². The molecule has 134 valence electrons. The zero-order valence-corrected chi connectivity index (χ0v) is 14.6. The van der Waals surface area contributed by atoms with Crippen molar-refractivity contribution >= 4 is 11.9 Å². The topological polar surface area (TPSA) is 93.5 Å². The van der Waals surface area contributed by atoms with Crippen LogP contribution in [0.2, 0.25) is 0 Å². The number of carbonyl (C=O) groups is 2. The van der Waals surface area contributed by atoms with E-state index >= 15 is 0 Å². The van der Waals surface area contributed by atoms with Crippen molar-refractivity contribution in [3.63, 3.8) is 0 Å². The lowest BCUT2D eigenvalue weighted by atomic mass is 10.0. The van der Waals surface area contributed by atoms with Crippen molar-refractivity contribution in [2.75, 3.05) is 7.11 Å². The molecule has 1 aromatic carbocycles. The Morgan fingerprint density at radius 1 is 1.28 bits per heavy atom. The number of benzene rings is 1. The molecule has 1 amide bonds. The van der Waals surface area contributed by atoms with Crippen molar-refractivity contribution in [1.29, 1.82) is 0 Å². The number of nitrogens with one attached hydrogen (secondary N) is 1. The number of carbonyl (C=O) groups excluding carboxylic acids is 1. The number of nitrogens with zero attached hydrogens (tertiary/aromatic N) is 2. The summed E-state index contributed by atoms with van der Waals surface area (Å²) in [5.41, 5.74) is 1.35. The maximum Gasteiger partial charge on any atom is 0.326 e. The van der Waals surface area contributed by atoms with Gasteiger partial charge in [-0.25, -0.2) is 4.79 Å². The van der Waals surface area contributed by atoms with Crippen molar-refractivity contribution in [3.05, 3.63) is 47.8 Å². The van der Waals surface area contributed by atoms with E-state index in [9.17, 15) is 14.7 Å². The SMILES string of the molecule is COc1ccc(Cn2cc(C(=O)NC(CC(C)C)C(=O)O)cn2)cc1. The summed E-state index contributed by atoms with van der Waals surface area (Å²) in [5, 5.41) is 15.9. The van der Waals surface area contributed by atoms with Crippen LogP contribution in [0, 0.1) is 5.92 Å². The Morgan fingerprint density at radius 2 is 1.96 bits per heavy atom. The molecule has 2 aromatic rings. The maximum absolute atomic E-state index is 12.2. The molecular weight excluding hydrogens is 322 g/mol. The number of aromatic nitrogens is 2. The number of amides is 1. The van der Waals surface area contributed by atoms with Gasteiger partial charge in [0.2, 0.25) is 0 Å². The molecule has 0 fully saturated rings. The van der Waals surface area contributed by atoms with Crippen LogP contribution >= 0.6 is 0 Å². The Balaban J connectivity index is 2.01. The number of rotatable bonds is 8. The molecule has 7 nitrogen and oxygen atoms in total. The highest BCUT2D eigenvalue weighted by Crippen LogP contribution is 2.12. The third-order valence-corrected chi connectivity index (χ3v) is 3.71. The summed E-state index contributed by atoms with van der Waals surface area (Å²) in [5.74, 6) is -0.532. The molecule has 0 spiro atoms. The average Bonchev–Trinajstić information content (AvgIpc) is 3.03. The number of carboxylic acid groups (broad SMARTS) is 1. The molecule has 1 atom stereocenters. The molecule has 2 rings (SSSR count). The van der Waals surface area contributed by atoms with Crippen LogP contribution in [-0.4, -0.2) is 39.9 Å². The number of carboxylic acids is 1. The van der Waals surface area contributed by atoms with Gasteiger partial charge in [0.05, 0.1) is 25.4 Å². The Kier molecular flexibility index (Phi) is 6.16. The van der Waals surface area contributed by atoms with E-state index in [1.807, 2.05) is 38.1 Å². The molecule has 1 unspecified atom stereocenters. The zero-order valence-electron chi connectivity index (χ0n) is 14.6. The summed E-state index contributed by atoms with van der Waals surface area (Å²) in [7, 11) is 1.61. The third-order valence-electron chi connectivity index (χ3n) is 3.71. The summed E-state index contributed by atoms with van der Waals surface area (Å²) in [6.07, 6.45) is 3.42. The second-order valence-electron chi connectivity index (χ2n) is 6.27. The molecule has 0 aliphatic rings. The van der Waals surface area contributed by atoms with Gasteiger partial charge in [0.15, 0.2) is 0 Å². The first-order chi connectivity index (χ1) is 11.9. The second-order valence-corrected chi connectivity index (χ2v) is 6.27. The number of hydrogen-bond donors (Lipinski definition) is 2. The Labute approximate surface area is 146 Å². The van der Waals surface area contributed by atoms with Gasteiger partial charge in [0, 0.05) is 6.20 Å². The van der Waals surface area contributed by atoms with Gasteiger partial charge < -0.3 is 15.2 Å². The van der Waals surface area contributed by atoms with Gasteiger partial charge in [-0.2, -0.15) is 5.10 Å². The van der Waals surface area contributed by atoms with E-state index in [4.69, 9.17) is 4.74 Å².